The van der Waals surface area contributed by atoms with Crippen molar-refractivity contribution in [1.82, 2.24) is 15.2 Å². The van der Waals surface area contributed by atoms with Gasteiger partial charge >= 0.3 is 0 Å². The standard InChI is InChI=1S/C32H26N4O4S/c37-29(23-9-2-1-3-10-23)35-28(20-22-8-6-17-33-21-22)30(38)34-24-13-15-25(16-14-24)41-19-7-18-36-31(39)26-11-4-5-12-27(26)32(36)40/h1-6,8-17,20-21H,7,18-19H2,(H,34,38)(H,35,37)/b28-20-. The maximum atomic E-state index is 13.2. The van der Waals surface area contributed by atoms with E-state index in [1.54, 1.807) is 103 Å². The smallest absolute Gasteiger partial charge is 0.272 e. The average Bonchev–Trinajstić information content (AvgIpc) is 3.25. The zero-order valence-corrected chi connectivity index (χ0v) is 22.8. The van der Waals surface area contributed by atoms with Crippen LogP contribution in [0.3, 0.4) is 0 Å². The summed E-state index contributed by atoms with van der Waals surface area (Å²) < 4.78 is 0. The molecular formula is C32H26N4O4S. The molecule has 0 atom stereocenters. The fourth-order valence-electron chi connectivity index (χ4n) is 4.26. The van der Waals surface area contributed by atoms with Crippen molar-refractivity contribution in [1.29, 1.82) is 0 Å². The van der Waals surface area contributed by atoms with Crippen molar-refractivity contribution in [3.63, 3.8) is 0 Å². The highest BCUT2D eigenvalue weighted by Crippen LogP contribution is 2.25. The summed E-state index contributed by atoms with van der Waals surface area (Å²) in [6, 6.07) is 26.4. The molecule has 0 bridgehead atoms. The minimum absolute atomic E-state index is 0.0819. The number of hydrogen-bond donors (Lipinski definition) is 2. The molecule has 1 aliphatic heterocycles. The van der Waals surface area contributed by atoms with E-state index in [1.165, 1.54) is 4.90 Å². The molecule has 0 fully saturated rings. The Morgan fingerprint density at radius 2 is 1.51 bits per heavy atom. The predicted molar refractivity (Wildman–Crippen MR) is 158 cm³/mol. The van der Waals surface area contributed by atoms with E-state index in [2.05, 4.69) is 15.6 Å². The molecule has 5 rings (SSSR count). The van der Waals surface area contributed by atoms with Gasteiger partial charge in [0.05, 0.1) is 11.1 Å². The van der Waals surface area contributed by atoms with Gasteiger partial charge in [0.15, 0.2) is 0 Å². The van der Waals surface area contributed by atoms with Gasteiger partial charge in [-0.15, -0.1) is 11.8 Å². The first-order valence-electron chi connectivity index (χ1n) is 13.0. The van der Waals surface area contributed by atoms with E-state index in [1.807, 2.05) is 18.2 Å². The van der Waals surface area contributed by atoms with Gasteiger partial charge in [-0.1, -0.05) is 36.4 Å². The topological polar surface area (TPSA) is 108 Å². The van der Waals surface area contributed by atoms with Crippen LogP contribution in [0.2, 0.25) is 0 Å². The second-order valence-electron chi connectivity index (χ2n) is 9.15. The van der Waals surface area contributed by atoms with E-state index in [4.69, 9.17) is 0 Å². The Hall–Kier alpha value is -5.02. The molecule has 0 saturated carbocycles. The molecule has 3 aromatic carbocycles. The number of hydrogen-bond acceptors (Lipinski definition) is 6. The largest absolute Gasteiger partial charge is 0.321 e. The molecule has 41 heavy (non-hydrogen) atoms. The minimum atomic E-state index is -0.473. The lowest BCUT2D eigenvalue weighted by Gasteiger charge is -2.13. The van der Waals surface area contributed by atoms with Gasteiger partial charge in [0.25, 0.3) is 23.6 Å². The zero-order chi connectivity index (χ0) is 28.6. The minimum Gasteiger partial charge on any atom is -0.321 e. The lowest BCUT2D eigenvalue weighted by Crippen LogP contribution is -2.31. The number of rotatable bonds is 10. The number of imide groups is 1. The first-order chi connectivity index (χ1) is 20.0. The van der Waals surface area contributed by atoms with Gasteiger partial charge in [-0.3, -0.25) is 29.1 Å². The number of carbonyl (C=O) groups excluding carboxylic acids is 4. The Morgan fingerprint density at radius 3 is 2.17 bits per heavy atom. The summed E-state index contributed by atoms with van der Waals surface area (Å²) in [4.78, 5) is 57.3. The van der Waals surface area contributed by atoms with Crippen molar-refractivity contribution in [2.24, 2.45) is 0 Å². The van der Waals surface area contributed by atoms with Gasteiger partial charge in [-0.2, -0.15) is 0 Å². The van der Waals surface area contributed by atoms with Crippen molar-refractivity contribution in [3.05, 3.63) is 131 Å². The molecule has 2 N–H and O–H groups in total. The Kier molecular flexibility index (Phi) is 8.66. The third-order valence-corrected chi connectivity index (χ3v) is 7.41. The van der Waals surface area contributed by atoms with Gasteiger partial charge < -0.3 is 10.6 Å². The summed E-state index contributed by atoms with van der Waals surface area (Å²) in [7, 11) is 0. The number of benzene rings is 3. The highest BCUT2D eigenvalue weighted by molar-refractivity contribution is 7.99. The van der Waals surface area contributed by atoms with Crippen molar-refractivity contribution in [2.45, 2.75) is 11.3 Å². The van der Waals surface area contributed by atoms with Crippen molar-refractivity contribution < 1.29 is 19.2 Å². The van der Waals surface area contributed by atoms with Crippen LogP contribution in [-0.4, -0.2) is 45.8 Å². The van der Waals surface area contributed by atoms with Crippen molar-refractivity contribution >= 4 is 47.2 Å². The SMILES string of the molecule is O=C(Nc1ccc(SCCCN2C(=O)c3ccccc3C2=O)cc1)/C(=C/c1cccnc1)NC(=O)c1ccccc1. The summed E-state index contributed by atoms with van der Waals surface area (Å²) in [5.41, 5.74) is 2.66. The summed E-state index contributed by atoms with van der Waals surface area (Å²) in [6.07, 6.45) is 5.45. The predicted octanol–water partition coefficient (Wildman–Crippen LogP) is 5.27. The van der Waals surface area contributed by atoms with Crippen LogP contribution < -0.4 is 10.6 Å². The highest BCUT2D eigenvalue weighted by atomic mass is 32.2. The van der Waals surface area contributed by atoms with Crippen LogP contribution in [0.15, 0.2) is 114 Å². The van der Waals surface area contributed by atoms with Crippen LogP contribution in [0.25, 0.3) is 6.08 Å². The molecule has 0 unspecified atom stereocenters. The normalized spacial score (nSPS) is 12.7. The van der Waals surface area contributed by atoms with E-state index in [-0.39, 0.29) is 17.5 Å². The van der Waals surface area contributed by atoms with Crippen molar-refractivity contribution in [3.8, 4) is 0 Å². The summed E-state index contributed by atoms with van der Waals surface area (Å²) in [5, 5.41) is 5.54. The number of nitrogens with one attached hydrogen (secondary N) is 2. The fourth-order valence-corrected chi connectivity index (χ4v) is 5.10. The third kappa shape index (κ3) is 6.77. The molecule has 1 aromatic heterocycles. The van der Waals surface area contributed by atoms with Gasteiger partial charge in [0, 0.05) is 35.1 Å². The number of nitrogens with zero attached hydrogens (tertiary/aromatic N) is 2. The first-order valence-corrected chi connectivity index (χ1v) is 14.0. The van der Waals surface area contributed by atoms with E-state index >= 15 is 0 Å². The van der Waals surface area contributed by atoms with E-state index < -0.39 is 11.8 Å². The zero-order valence-electron chi connectivity index (χ0n) is 21.9. The molecule has 204 valence electrons. The molecular weight excluding hydrogens is 536 g/mol. The third-order valence-electron chi connectivity index (χ3n) is 6.31. The van der Waals surface area contributed by atoms with Crippen LogP contribution in [0.4, 0.5) is 5.69 Å². The number of pyridine rings is 1. The molecule has 0 radical (unpaired) electrons. The van der Waals surface area contributed by atoms with Gasteiger partial charge in [0.1, 0.15) is 5.70 Å². The van der Waals surface area contributed by atoms with Crippen LogP contribution in [0.5, 0.6) is 0 Å². The number of carbonyl (C=O) groups is 4. The quantitative estimate of drug-likeness (QED) is 0.118. The average molecular weight is 563 g/mol. The molecule has 0 aliphatic carbocycles. The molecule has 1 aliphatic rings. The molecule has 2 heterocycles. The Bertz CT molecular complexity index is 1570. The van der Waals surface area contributed by atoms with Crippen LogP contribution in [-0.2, 0) is 4.79 Å². The second-order valence-corrected chi connectivity index (χ2v) is 10.3. The van der Waals surface area contributed by atoms with Crippen molar-refractivity contribution in [2.75, 3.05) is 17.6 Å². The maximum Gasteiger partial charge on any atom is 0.272 e. The number of anilines is 1. The van der Waals surface area contributed by atoms with E-state index in [0.29, 0.717) is 46.7 Å². The molecule has 0 saturated heterocycles. The maximum absolute atomic E-state index is 13.2. The van der Waals surface area contributed by atoms with Gasteiger partial charge in [-0.25, -0.2) is 0 Å². The van der Waals surface area contributed by atoms with Crippen LogP contribution in [0.1, 0.15) is 43.1 Å². The molecule has 9 heteroatoms. The molecule has 8 nitrogen and oxygen atoms in total. The highest BCUT2D eigenvalue weighted by Gasteiger charge is 2.34. The Morgan fingerprint density at radius 1 is 0.829 bits per heavy atom. The summed E-state index contributed by atoms with van der Waals surface area (Å²) in [6.45, 7) is 0.355. The van der Waals surface area contributed by atoms with Crippen LogP contribution >= 0.6 is 11.8 Å². The number of aromatic nitrogens is 1. The fraction of sp³-hybridized carbons (Fsp3) is 0.0938. The lowest BCUT2D eigenvalue weighted by molar-refractivity contribution is -0.113. The first kappa shape index (κ1) is 27.5. The molecule has 4 amide bonds. The molecule has 4 aromatic rings. The van der Waals surface area contributed by atoms with Crippen LogP contribution in [0, 0.1) is 0 Å². The Labute approximate surface area is 241 Å². The summed E-state index contributed by atoms with van der Waals surface area (Å²) >= 11 is 1.59. The Balaban J connectivity index is 1.16. The number of amides is 4. The van der Waals surface area contributed by atoms with E-state index in [9.17, 15) is 19.2 Å². The summed E-state index contributed by atoms with van der Waals surface area (Å²) in [5.74, 6) is -0.647. The molecule has 0 spiro atoms. The number of thioether (sulfide) groups is 1. The number of fused-ring (bicyclic) bond motifs is 1. The second kappa shape index (κ2) is 12.9. The van der Waals surface area contributed by atoms with E-state index in [0.717, 1.165) is 4.90 Å². The van der Waals surface area contributed by atoms with Gasteiger partial charge in [0.2, 0.25) is 0 Å². The lowest BCUT2D eigenvalue weighted by atomic mass is 10.1. The van der Waals surface area contributed by atoms with Gasteiger partial charge in [-0.05, 0) is 78.4 Å². The monoisotopic (exact) mass is 562 g/mol.